The number of benzene rings is 1. The summed E-state index contributed by atoms with van der Waals surface area (Å²) in [6, 6.07) is 4.42. The molecule has 1 aromatic carbocycles. The van der Waals surface area contributed by atoms with Gasteiger partial charge < -0.3 is 10.5 Å². The van der Waals surface area contributed by atoms with Crippen molar-refractivity contribution in [1.82, 2.24) is 0 Å². The predicted octanol–water partition coefficient (Wildman–Crippen LogP) is 3.08. The molecule has 1 aliphatic rings. The quantitative estimate of drug-likeness (QED) is 0.870. The van der Waals surface area contributed by atoms with Crippen LogP contribution in [-0.4, -0.2) is 13.7 Å². The lowest BCUT2D eigenvalue weighted by Gasteiger charge is -2.30. The molecule has 0 unspecified atom stereocenters. The Morgan fingerprint density at radius 1 is 1.24 bits per heavy atom. The van der Waals surface area contributed by atoms with E-state index in [-0.39, 0.29) is 5.41 Å². The van der Waals surface area contributed by atoms with Crippen LogP contribution < -0.4 is 10.5 Å². The second kappa shape index (κ2) is 4.69. The van der Waals surface area contributed by atoms with E-state index in [0.717, 1.165) is 12.3 Å². The number of hydrogen-bond acceptors (Lipinski definition) is 2. The normalized spacial score (nSPS) is 18.4. The number of nitrogens with two attached hydrogens (primary N) is 1. The topological polar surface area (TPSA) is 35.2 Å². The van der Waals surface area contributed by atoms with Gasteiger partial charge in [0.2, 0.25) is 0 Å². The molecule has 0 atom stereocenters. The molecule has 0 radical (unpaired) electrons. The first-order valence-electron chi connectivity index (χ1n) is 6.49. The fourth-order valence-electron chi connectivity index (χ4n) is 3.11. The number of aryl methyl sites for hydroxylation is 1. The van der Waals surface area contributed by atoms with E-state index in [2.05, 4.69) is 26.0 Å². The van der Waals surface area contributed by atoms with Crippen LogP contribution in [0.3, 0.4) is 0 Å². The zero-order valence-electron chi connectivity index (χ0n) is 11.2. The largest absolute Gasteiger partial charge is 0.496 e. The number of ether oxygens (including phenoxy) is 1. The van der Waals surface area contributed by atoms with Gasteiger partial charge in [-0.05, 0) is 37.8 Å². The van der Waals surface area contributed by atoms with Crippen LogP contribution in [-0.2, 0) is 5.41 Å². The van der Waals surface area contributed by atoms with Crippen molar-refractivity contribution in [1.29, 1.82) is 0 Å². The summed E-state index contributed by atoms with van der Waals surface area (Å²) in [6.07, 6.45) is 4.96. The Balaban J connectivity index is 2.54. The second-order valence-electron chi connectivity index (χ2n) is 5.28. The molecule has 0 aliphatic heterocycles. The summed E-state index contributed by atoms with van der Waals surface area (Å²) in [6.45, 7) is 4.99. The van der Waals surface area contributed by atoms with E-state index in [1.165, 1.54) is 42.4 Å². The third-order valence-electron chi connectivity index (χ3n) is 4.40. The summed E-state index contributed by atoms with van der Waals surface area (Å²) in [5.74, 6) is 1.05. The van der Waals surface area contributed by atoms with Crippen molar-refractivity contribution in [2.45, 2.75) is 44.9 Å². The molecule has 1 aliphatic carbocycles. The lowest BCUT2D eigenvalue weighted by atomic mass is 9.77. The molecule has 0 heterocycles. The number of methoxy groups -OCH3 is 1. The Kier molecular flexibility index (Phi) is 3.43. The highest BCUT2D eigenvalue weighted by Crippen LogP contribution is 2.45. The Labute approximate surface area is 104 Å². The van der Waals surface area contributed by atoms with Gasteiger partial charge in [0.15, 0.2) is 0 Å². The highest BCUT2D eigenvalue weighted by molar-refractivity contribution is 5.49. The highest BCUT2D eigenvalue weighted by atomic mass is 16.5. The number of rotatable bonds is 3. The Hall–Kier alpha value is -1.02. The fourth-order valence-corrected chi connectivity index (χ4v) is 3.11. The van der Waals surface area contributed by atoms with E-state index >= 15 is 0 Å². The Morgan fingerprint density at radius 3 is 2.41 bits per heavy atom. The van der Waals surface area contributed by atoms with Gasteiger partial charge in [-0.3, -0.25) is 0 Å². The molecule has 2 nitrogen and oxygen atoms in total. The lowest BCUT2D eigenvalue weighted by molar-refractivity contribution is 0.375. The third-order valence-corrected chi connectivity index (χ3v) is 4.40. The Bertz CT molecular complexity index is 406. The first-order chi connectivity index (χ1) is 8.14. The van der Waals surface area contributed by atoms with Gasteiger partial charge in [-0.2, -0.15) is 0 Å². The fraction of sp³-hybridized carbons (Fsp3) is 0.600. The summed E-state index contributed by atoms with van der Waals surface area (Å²) in [5.41, 5.74) is 10.1. The van der Waals surface area contributed by atoms with Gasteiger partial charge >= 0.3 is 0 Å². The van der Waals surface area contributed by atoms with Crippen LogP contribution in [0.15, 0.2) is 12.1 Å². The number of hydrogen-bond donors (Lipinski definition) is 1. The minimum atomic E-state index is 0.157. The molecule has 0 amide bonds. The van der Waals surface area contributed by atoms with Crippen molar-refractivity contribution in [2.24, 2.45) is 5.73 Å². The maximum atomic E-state index is 6.06. The van der Waals surface area contributed by atoms with Gasteiger partial charge in [-0.1, -0.05) is 25.0 Å². The SMILES string of the molecule is COc1c(C2(CN)CCCC2)ccc(C)c1C. The molecular weight excluding hydrogens is 210 g/mol. The average Bonchev–Trinajstić information content (AvgIpc) is 2.82. The summed E-state index contributed by atoms with van der Waals surface area (Å²) in [4.78, 5) is 0. The monoisotopic (exact) mass is 233 g/mol. The van der Waals surface area contributed by atoms with E-state index in [9.17, 15) is 0 Å². The zero-order valence-corrected chi connectivity index (χ0v) is 11.2. The van der Waals surface area contributed by atoms with Gasteiger partial charge in [-0.15, -0.1) is 0 Å². The van der Waals surface area contributed by atoms with E-state index < -0.39 is 0 Å². The molecule has 2 N–H and O–H groups in total. The van der Waals surface area contributed by atoms with Crippen molar-refractivity contribution in [2.75, 3.05) is 13.7 Å². The highest BCUT2D eigenvalue weighted by Gasteiger charge is 2.36. The van der Waals surface area contributed by atoms with Gasteiger partial charge in [0.05, 0.1) is 7.11 Å². The van der Waals surface area contributed by atoms with Crippen LogP contribution >= 0.6 is 0 Å². The van der Waals surface area contributed by atoms with Crippen LogP contribution in [0.2, 0.25) is 0 Å². The standard InChI is InChI=1S/C15H23NO/c1-11-6-7-13(14(17-3)12(11)2)15(10-16)8-4-5-9-15/h6-7H,4-5,8-10,16H2,1-3H3. The van der Waals surface area contributed by atoms with E-state index in [1.54, 1.807) is 7.11 Å². The smallest absolute Gasteiger partial charge is 0.125 e. The molecule has 2 rings (SSSR count). The van der Waals surface area contributed by atoms with Crippen molar-refractivity contribution in [3.63, 3.8) is 0 Å². The van der Waals surface area contributed by atoms with Crippen LogP contribution in [0.5, 0.6) is 5.75 Å². The second-order valence-corrected chi connectivity index (χ2v) is 5.28. The van der Waals surface area contributed by atoms with Crippen LogP contribution in [0.4, 0.5) is 0 Å². The first-order valence-corrected chi connectivity index (χ1v) is 6.49. The molecule has 1 fully saturated rings. The molecule has 0 aromatic heterocycles. The zero-order chi connectivity index (χ0) is 12.5. The summed E-state index contributed by atoms with van der Waals surface area (Å²) < 4.78 is 5.64. The van der Waals surface area contributed by atoms with Crippen LogP contribution in [0, 0.1) is 13.8 Å². The van der Waals surface area contributed by atoms with Crippen LogP contribution in [0.1, 0.15) is 42.4 Å². The van der Waals surface area contributed by atoms with Gasteiger partial charge in [0.25, 0.3) is 0 Å². The van der Waals surface area contributed by atoms with Gasteiger partial charge in [0.1, 0.15) is 5.75 Å². The van der Waals surface area contributed by atoms with Crippen molar-refractivity contribution in [3.05, 3.63) is 28.8 Å². The molecule has 94 valence electrons. The maximum Gasteiger partial charge on any atom is 0.125 e. The molecule has 1 saturated carbocycles. The molecule has 1 aromatic rings. The van der Waals surface area contributed by atoms with E-state index in [1.807, 2.05) is 0 Å². The van der Waals surface area contributed by atoms with E-state index in [0.29, 0.717) is 0 Å². The van der Waals surface area contributed by atoms with Crippen LogP contribution in [0.25, 0.3) is 0 Å². The molecule has 0 spiro atoms. The molecule has 0 saturated heterocycles. The molecular formula is C15H23NO. The average molecular weight is 233 g/mol. The van der Waals surface area contributed by atoms with Crippen molar-refractivity contribution < 1.29 is 4.74 Å². The lowest BCUT2D eigenvalue weighted by Crippen LogP contribution is -2.32. The first kappa shape index (κ1) is 12.4. The molecule has 0 bridgehead atoms. The predicted molar refractivity (Wildman–Crippen MR) is 71.7 cm³/mol. The summed E-state index contributed by atoms with van der Waals surface area (Å²) in [5, 5.41) is 0. The van der Waals surface area contributed by atoms with Crippen molar-refractivity contribution >= 4 is 0 Å². The van der Waals surface area contributed by atoms with E-state index in [4.69, 9.17) is 10.5 Å². The van der Waals surface area contributed by atoms with Gasteiger partial charge in [-0.25, -0.2) is 0 Å². The third kappa shape index (κ3) is 1.95. The minimum Gasteiger partial charge on any atom is -0.496 e. The minimum absolute atomic E-state index is 0.157. The summed E-state index contributed by atoms with van der Waals surface area (Å²) >= 11 is 0. The van der Waals surface area contributed by atoms with Gasteiger partial charge in [0, 0.05) is 17.5 Å². The van der Waals surface area contributed by atoms with Crippen molar-refractivity contribution in [3.8, 4) is 5.75 Å². The Morgan fingerprint density at radius 2 is 1.88 bits per heavy atom. The molecule has 2 heteroatoms. The maximum absolute atomic E-state index is 6.06. The molecule has 17 heavy (non-hydrogen) atoms. The summed E-state index contributed by atoms with van der Waals surface area (Å²) in [7, 11) is 1.77.